The Morgan fingerprint density at radius 1 is 1.32 bits per heavy atom. The van der Waals surface area contributed by atoms with Crippen LogP contribution in [-0.2, 0) is 29.0 Å². The van der Waals surface area contributed by atoms with Crippen molar-refractivity contribution in [3.63, 3.8) is 0 Å². The van der Waals surface area contributed by atoms with E-state index in [1.807, 2.05) is 6.92 Å². The molecule has 0 aliphatic carbocycles. The van der Waals surface area contributed by atoms with E-state index in [-0.39, 0.29) is 25.2 Å². The minimum absolute atomic E-state index is 0.0832. The van der Waals surface area contributed by atoms with Crippen LogP contribution in [-0.4, -0.2) is 42.5 Å². The Labute approximate surface area is 146 Å². The summed E-state index contributed by atoms with van der Waals surface area (Å²) in [6.45, 7) is 2.47. The van der Waals surface area contributed by atoms with Crippen LogP contribution in [0.5, 0.6) is 5.75 Å². The first kappa shape index (κ1) is 18.8. The molecule has 2 N–H and O–H groups in total. The second-order valence-electron chi connectivity index (χ2n) is 6.15. The van der Waals surface area contributed by atoms with E-state index in [9.17, 15) is 14.0 Å². The lowest BCUT2D eigenvalue weighted by molar-refractivity contribution is -0.128. The van der Waals surface area contributed by atoms with Gasteiger partial charge in [0.1, 0.15) is 11.6 Å². The zero-order valence-corrected chi connectivity index (χ0v) is 15.1. The summed E-state index contributed by atoms with van der Waals surface area (Å²) in [4.78, 5) is 24.7. The molecule has 136 valence electrons. The van der Waals surface area contributed by atoms with Crippen LogP contribution in [0.1, 0.15) is 24.5 Å². The van der Waals surface area contributed by atoms with Gasteiger partial charge < -0.3 is 19.9 Å². The van der Waals surface area contributed by atoms with Crippen molar-refractivity contribution in [3.8, 4) is 5.75 Å². The van der Waals surface area contributed by atoms with E-state index in [0.717, 1.165) is 0 Å². The number of carbonyl (C=O) groups is 2. The smallest absolute Gasteiger partial charge is 0.226 e. The van der Waals surface area contributed by atoms with E-state index >= 15 is 0 Å². The Balaban J connectivity index is 2.68. The number of benzene rings is 1. The normalized spacial score (nSPS) is 10.9. The molecule has 0 aliphatic rings. The van der Waals surface area contributed by atoms with Crippen molar-refractivity contribution in [1.29, 1.82) is 0 Å². The fourth-order valence-corrected chi connectivity index (χ4v) is 2.95. The monoisotopic (exact) mass is 349 g/mol. The number of rotatable bonds is 7. The Bertz CT molecular complexity index is 812. The van der Waals surface area contributed by atoms with Gasteiger partial charge in [0.2, 0.25) is 11.8 Å². The highest BCUT2D eigenvalue weighted by Gasteiger charge is 2.22. The minimum Gasteiger partial charge on any atom is -0.496 e. The van der Waals surface area contributed by atoms with Crippen LogP contribution in [0.3, 0.4) is 0 Å². The number of halogens is 1. The van der Waals surface area contributed by atoms with Gasteiger partial charge >= 0.3 is 0 Å². The van der Waals surface area contributed by atoms with Crippen LogP contribution in [0.2, 0.25) is 0 Å². The molecule has 2 amide bonds. The first-order valence-corrected chi connectivity index (χ1v) is 8.15. The maximum atomic E-state index is 14.8. The first-order chi connectivity index (χ1) is 11.8. The predicted octanol–water partition coefficient (Wildman–Crippen LogP) is 1.86. The maximum absolute atomic E-state index is 14.8. The summed E-state index contributed by atoms with van der Waals surface area (Å²) in [5.74, 6) is -0.455. The lowest BCUT2D eigenvalue weighted by atomic mass is 10.0. The molecule has 0 atom stereocenters. The van der Waals surface area contributed by atoms with Gasteiger partial charge in [0.25, 0.3) is 0 Å². The molecule has 0 aliphatic heterocycles. The topological polar surface area (TPSA) is 77.6 Å². The number of ether oxygens (including phenoxy) is 1. The van der Waals surface area contributed by atoms with Crippen molar-refractivity contribution in [3.05, 3.63) is 29.2 Å². The summed E-state index contributed by atoms with van der Waals surface area (Å²) in [5, 5.41) is 0.582. The van der Waals surface area contributed by atoms with Crippen LogP contribution < -0.4 is 10.5 Å². The minimum atomic E-state index is -0.461. The molecule has 0 fully saturated rings. The molecule has 0 unspecified atom stereocenters. The number of likely N-dealkylation sites (N-methyl/N-ethyl adjacent to an activating group) is 1. The van der Waals surface area contributed by atoms with E-state index in [1.165, 1.54) is 18.1 Å². The van der Waals surface area contributed by atoms with Crippen LogP contribution in [0.4, 0.5) is 4.39 Å². The van der Waals surface area contributed by atoms with Crippen molar-refractivity contribution in [2.24, 2.45) is 5.73 Å². The number of methoxy groups -OCH3 is 1. The van der Waals surface area contributed by atoms with E-state index in [1.54, 1.807) is 24.9 Å². The zero-order valence-electron chi connectivity index (χ0n) is 15.1. The number of hydrogen-bond donors (Lipinski definition) is 1. The molecule has 1 aromatic carbocycles. The van der Waals surface area contributed by atoms with Crippen molar-refractivity contribution in [2.45, 2.75) is 32.7 Å². The van der Waals surface area contributed by atoms with Gasteiger partial charge in [0.15, 0.2) is 0 Å². The highest BCUT2D eigenvalue weighted by molar-refractivity contribution is 5.95. The molecule has 6 nitrogen and oxygen atoms in total. The Kier molecular flexibility index (Phi) is 5.66. The molecule has 0 spiro atoms. The number of aryl methyl sites for hydroxylation is 2. The van der Waals surface area contributed by atoms with E-state index in [2.05, 4.69) is 0 Å². The van der Waals surface area contributed by atoms with Crippen LogP contribution >= 0.6 is 0 Å². The molecule has 1 aromatic heterocycles. The fourth-order valence-electron chi connectivity index (χ4n) is 2.95. The van der Waals surface area contributed by atoms with Crippen molar-refractivity contribution >= 4 is 22.7 Å². The third-order valence-corrected chi connectivity index (χ3v) is 4.23. The number of hydrogen-bond acceptors (Lipinski definition) is 3. The fraction of sp³-hybridized carbons (Fsp3) is 0.444. The van der Waals surface area contributed by atoms with Gasteiger partial charge in [-0.05, 0) is 30.5 Å². The van der Waals surface area contributed by atoms with Crippen molar-refractivity contribution < 1.29 is 18.7 Å². The average molecular weight is 349 g/mol. The second-order valence-corrected chi connectivity index (χ2v) is 6.15. The number of nitrogens with two attached hydrogens (primary N) is 1. The van der Waals surface area contributed by atoms with Crippen LogP contribution in [0.25, 0.3) is 10.9 Å². The molecule has 0 radical (unpaired) electrons. The molecule has 2 rings (SSSR count). The quantitative estimate of drug-likeness (QED) is 0.829. The molecule has 25 heavy (non-hydrogen) atoms. The Hall–Kier alpha value is -2.57. The largest absolute Gasteiger partial charge is 0.496 e. The van der Waals surface area contributed by atoms with Gasteiger partial charge in [-0.3, -0.25) is 9.59 Å². The second kappa shape index (κ2) is 7.55. The summed E-state index contributed by atoms with van der Waals surface area (Å²) in [6.07, 6.45) is 2.31. The van der Waals surface area contributed by atoms with Gasteiger partial charge in [-0.15, -0.1) is 0 Å². The summed E-state index contributed by atoms with van der Waals surface area (Å²) >= 11 is 0. The van der Waals surface area contributed by atoms with Gasteiger partial charge in [0.05, 0.1) is 19.0 Å². The zero-order chi connectivity index (χ0) is 18.7. The number of fused-ring (bicyclic) bond motifs is 1. The third kappa shape index (κ3) is 3.75. The number of primary amides is 1. The molecule has 1 heterocycles. The summed E-state index contributed by atoms with van der Waals surface area (Å²) in [6, 6.07) is 1.38. The lowest BCUT2D eigenvalue weighted by Crippen LogP contribution is -2.23. The third-order valence-electron chi connectivity index (χ3n) is 4.23. The Morgan fingerprint density at radius 3 is 2.52 bits per heavy atom. The molecular formula is C18H24FN3O3. The molecule has 0 bridgehead atoms. The van der Waals surface area contributed by atoms with E-state index in [0.29, 0.717) is 34.3 Å². The van der Waals surface area contributed by atoms with Gasteiger partial charge in [-0.2, -0.15) is 0 Å². The van der Waals surface area contributed by atoms with Crippen molar-refractivity contribution in [2.75, 3.05) is 21.2 Å². The maximum Gasteiger partial charge on any atom is 0.226 e. The highest BCUT2D eigenvalue weighted by Crippen LogP contribution is 2.37. The first-order valence-electron chi connectivity index (χ1n) is 8.15. The number of carbonyl (C=O) groups excluding carboxylic acids is 2. The number of nitrogens with zero attached hydrogens (tertiary/aromatic N) is 2. The van der Waals surface area contributed by atoms with Crippen molar-refractivity contribution in [1.82, 2.24) is 9.47 Å². The summed E-state index contributed by atoms with van der Waals surface area (Å²) < 4.78 is 22.1. The van der Waals surface area contributed by atoms with Gasteiger partial charge in [-0.1, -0.05) is 0 Å². The predicted molar refractivity (Wildman–Crippen MR) is 94.0 cm³/mol. The molecular weight excluding hydrogens is 325 g/mol. The summed E-state index contributed by atoms with van der Waals surface area (Å²) in [5.41, 5.74) is 6.89. The van der Waals surface area contributed by atoms with Crippen LogP contribution in [0.15, 0.2) is 12.3 Å². The standard InChI is InChI=1S/C18H24FN3O3/c1-5-22-10-12(9-15(24)21(2)3)16-17(22)13(19)8-11(18(16)25-4)6-7-14(20)23/h8,10H,5-7,9H2,1-4H3,(H2,20,23). The SMILES string of the molecule is CCn1cc(CC(=O)N(C)C)c2c(OC)c(CCC(N)=O)cc(F)c21. The molecule has 0 saturated heterocycles. The van der Waals surface area contributed by atoms with Gasteiger partial charge in [0, 0.05) is 38.6 Å². The van der Waals surface area contributed by atoms with E-state index < -0.39 is 11.7 Å². The number of amides is 2. The summed E-state index contributed by atoms with van der Waals surface area (Å²) in [7, 11) is 4.86. The average Bonchev–Trinajstić information content (AvgIpc) is 2.92. The van der Waals surface area contributed by atoms with Crippen LogP contribution in [0, 0.1) is 5.82 Å². The number of aromatic nitrogens is 1. The molecule has 7 heteroatoms. The lowest BCUT2D eigenvalue weighted by Gasteiger charge is -2.13. The molecule has 2 aromatic rings. The highest BCUT2D eigenvalue weighted by atomic mass is 19.1. The Morgan fingerprint density at radius 2 is 2.00 bits per heavy atom. The van der Waals surface area contributed by atoms with E-state index in [4.69, 9.17) is 10.5 Å². The van der Waals surface area contributed by atoms with Gasteiger partial charge in [-0.25, -0.2) is 4.39 Å². The molecule has 0 saturated carbocycles.